The van der Waals surface area contributed by atoms with Crippen LogP contribution in [0.2, 0.25) is 0 Å². The summed E-state index contributed by atoms with van der Waals surface area (Å²) in [6, 6.07) is 15.2. The smallest absolute Gasteiger partial charge is 0.271 e. The van der Waals surface area contributed by atoms with Crippen LogP contribution in [0, 0.1) is 0 Å². The van der Waals surface area contributed by atoms with Crippen LogP contribution in [0.5, 0.6) is 5.75 Å². The molecule has 0 spiro atoms. The van der Waals surface area contributed by atoms with Crippen molar-refractivity contribution < 1.29 is 18.7 Å². The number of fused-ring (bicyclic) bond motifs is 1. The fourth-order valence-corrected chi connectivity index (χ4v) is 2.24. The van der Waals surface area contributed by atoms with Gasteiger partial charge < -0.3 is 14.9 Å². The quantitative estimate of drug-likeness (QED) is 0.708. The topological polar surface area (TPSA) is 107 Å². The van der Waals surface area contributed by atoms with Crippen LogP contribution in [-0.2, 0) is 0 Å². The highest BCUT2D eigenvalue weighted by molar-refractivity contribution is 5.96. The minimum atomic E-state index is -0.714. The molecule has 0 fully saturated rings. The summed E-state index contributed by atoms with van der Waals surface area (Å²) in [6.45, 7) is 0. The summed E-state index contributed by atoms with van der Waals surface area (Å²) in [5.74, 6) is -0.562. The van der Waals surface area contributed by atoms with Gasteiger partial charge in [0.25, 0.3) is 11.8 Å². The Morgan fingerprint density at radius 2 is 1.88 bits per heavy atom. The molecule has 3 aromatic rings. The molecule has 0 radical (unpaired) electrons. The first-order valence-corrected chi connectivity index (χ1v) is 7.39. The second-order valence-electron chi connectivity index (χ2n) is 5.15. The Kier molecular flexibility index (Phi) is 4.47. The summed E-state index contributed by atoms with van der Waals surface area (Å²) in [5.41, 5.74) is 8.58. The van der Waals surface area contributed by atoms with E-state index in [0.717, 1.165) is 0 Å². The van der Waals surface area contributed by atoms with Crippen molar-refractivity contribution in [2.45, 2.75) is 0 Å². The van der Waals surface area contributed by atoms with Crippen molar-refractivity contribution in [1.82, 2.24) is 5.43 Å². The van der Waals surface area contributed by atoms with E-state index in [-0.39, 0.29) is 11.1 Å². The lowest BCUT2D eigenvalue weighted by molar-refractivity contribution is 0.0946. The van der Waals surface area contributed by atoms with Crippen LogP contribution < -0.4 is 21.5 Å². The van der Waals surface area contributed by atoms with Crippen LogP contribution in [0.25, 0.3) is 11.0 Å². The number of nitrogens with two attached hydrogens (primary N) is 1. The van der Waals surface area contributed by atoms with Gasteiger partial charge in [-0.05, 0) is 30.3 Å². The summed E-state index contributed by atoms with van der Waals surface area (Å²) in [7, 11) is 1.53. The predicted molar refractivity (Wildman–Crippen MR) is 90.8 cm³/mol. The third-order valence-electron chi connectivity index (χ3n) is 3.52. The number of rotatable bonds is 4. The molecule has 3 rings (SSSR count). The Morgan fingerprint density at radius 1 is 1.12 bits per heavy atom. The molecule has 1 heterocycles. The predicted octanol–water partition coefficient (Wildman–Crippen LogP) is 1.79. The number of hydrogen-bond acceptors (Lipinski definition) is 5. The van der Waals surface area contributed by atoms with E-state index in [1.165, 1.54) is 7.11 Å². The number of ether oxygens (including phenoxy) is 1. The summed E-state index contributed by atoms with van der Waals surface area (Å²) >= 11 is 0. The Balaban J connectivity index is 2.04. The zero-order chi connectivity index (χ0) is 17.8. The lowest BCUT2D eigenvalue weighted by Gasteiger charge is -2.04. The van der Waals surface area contributed by atoms with E-state index >= 15 is 0 Å². The van der Waals surface area contributed by atoms with Gasteiger partial charge in [0, 0.05) is 17.0 Å². The van der Waals surface area contributed by atoms with Gasteiger partial charge in [-0.3, -0.25) is 9.59 Å². The van der Waals surface area contributed by atoms with Crippen LogP contribution in [0.4, 0.5) is 0 Å². The average Bonchev–Trinajstić information content (AvgIpc) is 2.65. The maximum absolute atomic E-state index is 12.1. The van der Waals surface area contributed by atoms with Crippen LogP contribution in [0.1, 0.15) is 20.7 Å². The normalized spacial score (nSPS) is 11.3. The highest BCUT2D eigenvalue weighted by Gasteiger charge is 2.11. The molecule has 0 aliphatic carbocycles. The third kappa shape index (κ3) is 3.50. The maximum Gasteiger partial charge on any atom is 0.271 e. The summed E-state index contributed by atoms with van der Waals surface area (Å²) < 4.78 is 10.8. The van der Waals surface area contributed by atoms with E-state index in [4.69, 9.17) is 14.9 Å². The van der Waals surface area contributed by atoms with Gasteiger partial charge >= 0.3 is 0 Å². The van der Waals surface area contributed by atoms with Crippen LogP contribution in [-0.4, -0.2) is 18.9 Å². The molecule has 2 aromatic carbocycles. The van der Waals surface area contributed by atoms with Gasteiger partial charge in [0.05, 0.1) is 7.11 Å². The molecule has 0 aliphatic rings. The first-order chi connectivity index (χ1) is 12.1. The summed E-state index contributed by atoms with van der Waals surface area (Å²) in [6.07, 6.45) is 0. The zero-order valence-corrected chi connectivity index (χ0v) is 13.4. The van der Waals surface area contributed by atoms with Gasteiger partial charge in [0.1, 0.15) is 16.9 Å². The van der Waals surface area contributed by atoms with Crippen LogP contribution in [0.3, 0.4) is 0 Å². The number of nitrogens with one attached hydrogen (secondary N) is 1. The maximum atomic E-state index is 12.1. The molecule has 25 heavy (non-hydrogen) atoms. The van der Waals surface area contributed by atoms with E-state index in [1.807, 2.05) is 0 Å². The van der Waals surface area contributed by atoms with Gasteiger partial charge in [-0.25, -0.2) is 5.43 Å². The second-order valence-corrected chi connectivity index (χ2v) is 5.15. The lowest BCUT2D eigenvalue weighted by Crippen LogP contribution is -2.27. The molecule has 7 heteroatoms. The van der Waals surface area contributed by atoms with Crippen LogP contribution in [0.15, 0.2) is 64.1 Å². The molecule has 7 nitrogen and oxygen atoms in total. The van der Waals surface area contributed by atoms with Crippen molar-refractivity contribution in [1.29, 1.82) is 0 Å². The van der Waals surface area contributed by atoms with Gasteiger partial charge in [-0.2, -0.15) is 0 Å². The van der Waals surface area contributed by atoms with Crippen molar-refractivity contribution in [2.75, 3.05) is 7.11 Å². The number of methoxy groups -OCH3 is 1. The van der Waals surface area contributed by atoms with Crippen molar-refractivity contribution in [3.63, 3.8) is 0 Å². The number of hydrogen-bond donors (Lipinski definition) is 2. The van der Waals surface area contributed by atoms with E-state index in [9.17, 15) is 9.59 Å². The Morgan fingerprint density at radius 3 is 2.56 bits per heavy atom. The fraction of sp³-hybridized carbons (Fsp3) is 0.0556. The molecule has 0 atom stereocenters. The van der Waals surface area contributed by atoms with E-state index in [2.05, 4.69) is 10.5 Å². The highest BCUT2D eigenvalue weighted by Crippen LogP contribution is 2.20. The van der Waals surface area contributed by atoms with Gasteiger partial charge in [-0.1, -0.05) is 18.2 Å². The average molecular weight is 337 g/mol. The van der Waals surface area contributed by atoms with E-state index in [0.29, 0.717) is 22.3 Å². The molecule has 0 saturated heterocycles. The van der Waals surface area contributed by atoms with E-state index < -0.39 is 11.8 Å². The third-order valence-corrected chi connectivity index (χ3v) is 3.52. The van der Waals surface area contributed by atoms with E-state index in [1.54, 1.807) is 54.6 Å². The van der Waals surface area contributed by atoms with Crippen molar-refractivity contribution in [3.8, 4) is 5.75 Å². The Bertz CT molecular complexity index is 1010. The van der Waals surface area contributed by atoms with Crippen molar-refractivity contribution in [2.24, 2.45) is 10.8 Å². The number of amides is 2. The minimum absolute atomic E-state index is 0.0611. The number of primary amides is 1. The van der Waals surface area contributed by atoms with Gasteiger partial charge in [0.2, 0.25) is 5.55 Å². The molecular formula is C18H15N3O4. The number of carbonyl (C=O) groups excluding carboxylic acids is 2. The molecule has 0 saturated carbocycles. The molecule has 0 aliphatic heterocycles. The number of nitrogens with zero attached hydrogens (tertiary/aromatic N) is 1. The molecule has 0 unspecified atom stereocenters. The first-order valence-electron chi connectivity index (χ1n) is 7.39. The van der Waals surface area contributed by atoms with Gasteiger partial charge in [-0.15, -0.1) is 5.10 Å². The second kappa shape index (κ2) is 6.88. The largest absolute Gasteiger partial charge is 0.497 e. The van der Waals surface area contributed by atoms with Crippen LogP contribution >= 0.6 is 0 Å². The molecule has 3 N–H and O–H groups in total. The standard InChI is InChI=1S/C18H15N3O4/c1-24-13-8-7-12-9-14(16(19)22)18(25-15(12)10-13)21-20-17(23)11-5-3-2-4-6-11/h2-10H,1H3,(H2,19,22)(H,20,23)/b21-18+. The molecular weight excluding hydrogens is 322 g/mol. The highest BCUT2D eigenvalue weighted by atomic mass is 16.5. The monoisotopic (exact) mass is 337 g/mol. The van der Waals surface area contributed by atoms with Crippen molar-refractivity contribution >= 4 is 22.8 Å². The van der Waals surface area contributed by atoms with Gasteiger partial charge in [0.15, 0.2) is 0 Å². The Labute approximate surface area is 142 Å². The molecule has 2 amide bonds. The molecule has 0 bridgehead atoms. The van der Waals surface area contributed by atoms with Crippen molar-refractivity contribution in [3.05, 3.63) is 71.3 Å². The number of carbonyl (C=O) groups is 2. The molecule has 1 aromatic heterocycles. The first kappa shape index (κ1) is 16.3. The SMILES string of the molecule is COc1ccc2cc(C(N)=O)/c(=N\NC(=O)c3ccccc3)oc2c1. The molecule has 126 valence electrons. The summed E-state index contributed by atoms with van der Waals surface area (Å²) in [4.78, 5) is 23.7. The zero-order valence-electron chi connectivity index (χ0n) is 13.4. The number of benzene rings is 2. The summed E-state index contributed by atoms with van der Waals surface area (Å²) in [5, 5.41) is 4.56. The Hall–Kier alpha value is -3.61. The fourth-order valence-electron chi connectivity index (χ4n) is 2.24. The minimum Gasteiger partial charge on any atom is -0.497 e. The lowest BCUT2D eigenvalue weighted by atomic mass is 10.1.